The summed E-state index contributed by atoms with van der Waals surface area (Å²) in [6.07, 6.45) is 21.5. The molecule has 0 saturated carbocycles. The van der Waals surface area contributed by atoms with E-state index in [1.54, 1.807) is 5.57 Å². The van der Waals surface area contributed by atoms with E-state index >= 15 is 0 Å². The number of fused-ring (bicyclic) bond motifs is 3. The molecule has 0 spiro atoms. The smallest absolute Gasteiger partial charge is 0.129 e. The lowest BCUT2D eigenvalue weighted by molar-refractivity contribution is 0.531. The summed E-state index contributed by atoms with van der Waals surface area (Å²) in [6.45, 7) is 3.89. The van der Waals surface area contributed by atoms with E-state index in [0.717, 1.165) is 48.3 Å². The van der Waals surface area contributed by atoms with E-state index in [1.807, 2.05) is 6.08 Å². The van der Waals surface area contributed by atoms with Crippen molar-refractivity contribution in [3.8, 4) is 11.1 Å². The number of hydrogen-bond acceptors (Lipinski definition) is 3. The Morgan fingerprint density at radius 3 is 2.30 bits per heavy atom. The molecule has 2 aliphatic carbocycles. The van der Waals surface area contributed by atoms with Crippen LogP contribution in [0.2, 0.25) is 0 Å². The van der Waals surface area contributed by atoms with E-state index in [1.165, 1.54) is 62.9 Å². The van der Waals surface area contributed by atoms with Crippen molar-refractivity contribution in [1.82, 2.24) is 5.32 Å². The van der Waals surface area contributed by atoms with Gasteiger partial charge in [0.1, 0.15) is 5.84 Å². The fourth-order valence-corrected chi connectivity index (χ4v) is 7.90. The molecule has 2 N–H and O–H groups in total. The fourth-order valence-electron chi connectivity index (χ4n) is 7.90. The molecule has 5 aromatic rings. The van der Waals surface area contributed by atoms with Crippen molar-refractivity contribution in [3.63, 3.8) is 0 Å². The Labute approximate surface area is 295 Å². The van der Waals surface area contributed by atoms with Crippen LogP contribution in [0.25, 0.3) is 38.4 Å². The number of allylic oxidation sites excluding steroid dienone is 6. The highest BCUT2D eigenvalue weighted by Gasteiger charge is 2.24. The second kappa shape index (κ2) is 14.1. The minimum Gasteiger partial charge on any atom is -0.340 e. The molecule has 3 atom stereocenters. The first-order valence-electron chi connectivity index (χ1n) is 18.0. The van der Waals surface area contributed by atoms with Gasteiger partial charge in [-0.3, -0.25) is 4.99 Å². The predicted octanol–water partition coefficient (Wildman–Crippen LogP) is 12.1. The van der Waals surface area contributed by atoms with Gasteiger partial charge in [-0.05, 0) is 112 Å². The summed E-state index contributed by atoms with van der Waals surface area (Å²) in [5.74, 6) is 1.68. The summed E-state index contributed by atoms with van der Waals surface area (Å²) < 4.78 is 0. The molecule has 0 amide bonds. The average molecular weight is 650 g/mol. The van der Waals surface area contributed by atoms with Crippen molar-refractivity contribution in [3.05, 3.63) is 174 Å². The van der Waals surface area contributed by atoms with Crippen LogP contribution < -0.4 is 5.32 Å². The number of rotatable bonds is 9. The van der Waals surface area contributed by atoms with Gasteiger partial charge in [0.2, 0.25) is 0 Å². The second-order valence-corrected chi connectivity index (χ2v) is 13.8. The van der Waals surface area contributed by atoms with Gasteiger partial charge in [-0.15, -0.1) is 6.58 Å². The second-order valence-electron chi connectivity index (χ2n) is 13.8. The summed E-state index contributed by atoms with van der Waals surface area (Å²) in [7, 11) is 0. The van der Waals surface area contributed by atoms with Crippen molar-refractivity contribution in [2.75, 3.05) is 0 Å². The van der Waals surface area contributed by atoms with Crippen LogP contribution in [-0.2, 0) is 0 Å². The number of benzene rings is 5. The molecule has 246 valence electrons. The average Bonchev–Trinajstić information content (AvgIpc) is 3.20. The molecular weight excluding hydrogens is 607 g/mol. The Hall–Kier alpha value is -5.54. The molecule has 0 radical (unpaired) electrons. The zero-order chi connectivity index (χ0) is 33.9. The lowest BCUT2D eigenvalue weighted by Gasteiger charge is -2.28. The third-order valence-corrected chi connectivity index (χ3v) is 10.7. The van der Waals surface area contributed by atoms with Gasteiger partial charge in [0.05, 0.1) is 6.04 Å². The number of nitrogens with zero attached hydrogens (tertiary/aromatic N) is 1. The normalized spacial score (nSPS) is 19.5. The molecule has 0 aromatic heterocycles. The minimum absolute atomic E-state index is 0.0472. The molecule has 2 unspecified atom stereocenters. The molecule has 1 heterocycles. The molecule has 0 fully saturated rings. The van der Waals surface area contributed by atoms with Gasteiger partial charge >= 0.3 is 0 Å². The lowest BCUT2D eigenvalue weighted by Crippen LogP contribution is -2.29. The molecule has 3 aliphatic rings. The number of hydrogen-bond donors (Lipinski definition) is 2. The van der Waals surface area contributed by atoms with Crippen molar-refractivity contribution in [2.45, 2.75) is 50.5 Å². The fraction of sp³-hybridized carbons (Fsp3) is 0.191. The summed E-state index contributed by atoms with van der Waals surface area (Å²) in [6, 6.07) is 37.3. The Balaban J connectivity index is 1.15. The van der Waals surface area contributed by atoms with Crippen LogP contribution in [0, 0.1) is 11.3 Å². The maximum Gasteiger partial charge on any atom is 0.129 e. The summed E-state index contributed by atoms with van der Waals surface area (Å²) in [5.41, 5.74) is 9.79. The molecule has 8 rings (SSSR count). The van der Waals surface area contributed by atoms with Gasteiger partial charge in [-0.1, -0.05) is 133 Å². The van der Waals surface area contributed by atoms with Crippen molar-refractivity contribution in [2.24, 2.45) is 10.9 Å². The van der Waals surface area contributed by atoms with Crippen LogP contribution in [0.15, 0.2) is 162 Å². The summed E-state index contributed by atoms with van der Waals surface area (Å²) in [4.78, 5) is 5.35. The molecule has 3 heteroatoms. The van der Waals surface area contributed by atoms with E-state index in [4.69, 9.17) is 10.4 Å². The Morgan fingerprint density at radius 1 is 0.820 bits per heavy atom. The number of amidine groups is 1. The molecule has 3 nitrogen and oxygen atoms in total. The molecule has 1 aliphatic heterocycles. The molecule has 0 bridgehead atoms. The minimum atomic E-state index is -0.117. The van der Waals surface area contributed by atoms with Crippen LogP contribution in [0.4, 0.5) is 0 Å². The summed E-state index contributed by atoms with van der Waals surface area (Å²) in [5, 5.41) is 16.7. The molecule has 5 aromatic carbocycles. The highest BCUT2D eigenvalue weighted by atomic mass is 15.0. The van der Waals surface area contributed by atoms with Crippen molar-refractivity contribution in [1.29, 1.82) is 5.41 Å². The van der Waals surface area contributed by atoms with Gasteiger partial charge in [0.15, 0.2) is 0 Å². The zero-order valence-electron chi connectivity index (χ0n) is 28.5. The van der Waals surface area contributed by atoms with E-state index < -0.39 is 0 Å². The maximum atomic E-state index is 7.91. The summed E-state index contributed by atoms with van der Waals surface area (Å²) >= 11 is 0. The Bertz CT molecular complexity index is 2230. The number of nitrogens with one attached hydrogen (secondary N) is 2. The lowest BCUT2D eigenvalue weighted by atomic mass is 9.82. The maximum absolute atomic E-state index is 7.91. The van der Waals surface area contributed by atoms with E-state index in [9.17, 15) is 0 Å². The quantitative estimate of drug-likeness (QED) is 0.0932. The number of aliphatic imine (C=N–C) groups is 1. The van der Waals surface area contributed by atoms with E-state index in [-0.39, 0.29) is 12.0 Å². The van der Waals surface area contributed by atoms with Crippen molar-refractivity contribution >= 4 is 39.3 Å². The van der Waals surface area contributed by atoms with Crippen molar-refractivity contribution < 1.29 is 0 Å². The van der Waals surface area contributed by atoms with Gasteiger partial charge in [-0.2, -0.15) is 0 Å². The van der Waals surface area contributed by atoms with Crippen LogP contribution >= 0.6 is 0 Å². The first-order chi connectivity index (χ1) is 24.7. The largest absolute Gasteiger partial charge is 0.340 e. The SMILES string of the molecule is C=CCC(C=N)c1ccc(C2=C[C@@H](c3ccc(-c4cc5ccccc5c5ccccc45)cc3)N=C(C3=CC=C(C4CC=CCC4)CC3)N2)cc1. The molecular formula is C47H43N3. The van der Waals surface area contributed by atoms with Gasteiger partial charge < -0.3 is 10.7 Å². The van der Waals surface area contributed by atoms with Crippen LogP contribution in [0.3, 0.4) is 0 Å². The Kier molecular flexibility index (Phi) is 8.96. The van der Waals surface area contributed by atoms with Crippen LogP contribution in [0.1, 0.15) is 67.2 Å². The highest BCUT2D eigenvalue weighted by molar-refractivity contribution is 6.13. The van der Waals surface area contributed by atoms with Gasteiger partial charge in [0.25, 0.3) is 0 Å². The third kappa shape index (κ3) is 6.32. The van der Waals surface area contributed by atoms with Crippen LogP contribution in [0.5, 0.6) is 0 Å². The van der Waals surface area contributed by atoms with Gasteiger partial charge in [-0.25, -0.2) is 0 Å². The van der Waals surface area contributed by atoms with E-state index in [0.29, 0.717) is 5.92 Å². The molecule has 50 heavy (non-hydrogen) atoms. The topological polar surface area (TPSA) is 48.2 Å². The zero-order valence-corrected chi connectivity index (χ0v) is 28.5. The highest BCUT2D eigenvalue weighted by Crippen LogP contribution is 2.38. The standard InChI is InChI=1S/C47H43N3/c1-2-10-40(31-48)34-17-23-36(24-18-34)45-30-46(50-47(49-45)38-27-19-33(20-28-38)32-11-4-3-5-12-32)37-25-21-35(22-26-37)44-29-39-13-6-7-14-41(39)42-15-8-9-16-43(42)44/h2-4,6-9,13-19,21-27,29-32,40,46,48H,1,5,10-12,20,28H2,(H,49,50)/t32?,40?,46-/m0/s1. The third-order valence-electron chi connectivity index (χ3n) is 10.7. The Morgan fingerprint density at radius 2 is 1.58 bits per heavy atom. The molecule has 0 saturated heterocycles. The van der Waals surface area contributed by atoms with Gasteiger partial charge in [0, 0.05) is 17.8 Å². The monoisotopic (exact) mass is 649 g/mol. The predicted molar refractivity (Wildman–Crippen MR) is 213 cm³/mol. The first-order valence-corrected chi connectivity index (χ1v) is 18.0. The van der Waals surface area contributed by atoms with Crippen LogP contribution in [-0.4, -0.2) is 12.1 Å². The first kappa shape index (κ1) is 31.7. The van der Waals surface area contributed by atoms with E-state index in [2.05, 4.69) is 145 Å².